The van der Waals surface area contributed by atoms with Gasteiger partial charge in [0.05, 0.1) is 6.54 Å². The second-order valence-electron chi connectivity index (χ2n) is 3.43. The number of carbonyl (C=O) groups is 1. The van der Waals surface area contributed by atoms with Crippen LogP contribution in [-0.4, -0.2) is 41.3 Å². The standard InChI is InChI=1S/C7H14ClN4O2P/c8-2-3-11-7(10)5(9)1-4-12(15-14)6(7)13/h5,11H,1-4,9-10H2/p+1/t5?,7-/m0/s1. The minimum atomic E-state index is -1.34. The minimum Gasteiger partial charge on any atom is -0.324 e. The Morgan fingerprint density at radius 3 is 2.93 bits per heavy atom. The highest BCUT2D eigenvalue weighted by molar-refractivity contribution is 7.21. The number of rotatable bonds is 4. The maximum atomic E-state index is 11.8. The van der Waals surface area contributed by atoms with E-state index in [0.717, 1.165) is 0 Å². The average molecular weight is 254 g/mol. The Morgan fingerprint density at radius 2 is 2.40 bits per heavy atom. The summed E-state index contributed by atoms with van der Waals surface area (Å²) in [6.45, 7) is 0.761. The second kappa shape index (κ2) is 5.18. The first-order chi connectivity index (χ1) is 7.06. The molecule has 15 heavy (non-hydrogen) atoms. The van der Waals surface area contributed by atoms with E-state index >= 15 is 0 Å². The molecule has 0 aromatic heterocycles. The van der Waals surface area contributed by atoms with E-state index in [0.29, 0.717) is 25.4 Å². The number of nitrogens with two attached hydrogens (primary N) is 2. The molecule has 5 N–H and O–H groups in total. The number of hydrogen-bond acceptors (Lipinski definition) is 5. The van der Waals surface area contributed by atoms with Crippen LogP contribution in [0.3, 0.4) is 0 Å². The zero-order valence-corrected chi connectivity index (χ0v) is 9.96. The van der Waals surface area contributed by atoms with E-state index in [9.17, 15) is 9.36 Å². The molecular formula is C7H15ClN4O2P+. The fourth-order valence-corrected chi connectivity index (χ4v) is 2.11. The van der Waals surface area contributed by atoms with Crippen molar-refractivity contribution in [1.29, 1.82) is 0 Å². The summed E-state index contributed by atoms with van der Waals surface area (Å²) in [6, 6.07) is -0.485. The van der Waals surface area contributed by atoms with Crippen molar-refractivity contribution in [2.75, 3.05) is 19.0 Å². The smallest absolute Gasteiger partial charge is 0.324 e. The Kier molecular flexibility index (Phi) is 4.43. The Labute approximate surface area is 94.6 Å². The van der Waals surface area contributed by atoms with Gasteiger partial charge in [-0.25, -0.2) is 0 Å². The van der Waals surface area contributed by atoms with Crippen molar-refractivity contribution in [2.24, 2.45) is 11.5 Å². The third-order valence-corrected chi connectivity index (χ3v) is 3.31. The van der Waals surface area contributed by atoms with Crippen LogP contribution in [0.2, 0.25) is 0 Å². The van der Waals surface area contributed by atoms with Gasteiger partial charge >= 0.3 is 8.61 Å². The van der Waals surface area contributed by atoms with Crippen LogP contribution in [0.5, 0.6) is 0 Å². The van der Waals surface area contributed by atoms with Crippen LogP contribution >= 0.6 is 20.2 Å². The molecular weight excluding hydrogens is 239 g/mol. The van der Waals surface area contributed by atoms with Gasteiger partial charge in [-0.15, -0.1) is 16.3 Å². The molecule has 0 aromatic rings. The first-order valence-electron chi connectivity index (χ1n) is 4.61. The maximum absolute atomic E-state index is 11.8. The predicted octanol–water partition coefficient (Wildman–Crippen LogP) is -1.03. The summed E-state index contributed by atoms with van der Waals surface area (Å²) in [5, 5.41) is 2.81. The molecule has 1 saturated heterocycles. The van der Waals surface area contributed by atoms with Gasteiger partial charge < -0.3 is 11.5 Å². The number of nitrogens with one attached hydrogen (secondary N) is 1. The average Bonchev–Trinajstić information content (AvgIpc) is 2.24. The van der Waals surface area contributed by atoms with Crippen LogP contribution < -0.4 is 16.8 Å². The lowest BCUT2D eigenvalue weighted by atomic mass is 9.94. The molecule has 1 aliphatic rings. The molecule has 3 atom stereocenters. The molecule has 86 valence electrons. The molecule has 6 nitrogen and oxygen atoms in total. The van der Waals surface area contributed by atoms with Crippen molar-refractivity contribution in [1.82, 2.24) is 9.99 Å². The first-order valence-corrected chi connectivity index (χ1v) is 6.00. The van der Waals surface area contributed by atoms with Crippen LogP contribution in [0.15, 0.2) is 0 Å². The number of nitrogens with zero attached hydrogens (tertiary/aromatic N) is 1. The molecule has 8 heteroatoms. The third kappa shape index (κ3) is 2.46. The number of piperidine rings is 1. The summed E-state index contributed by atoms with van der Waals surface area (Å²) >= 11 is 5.50. The number of carbonyl (C=O) groups excluding carboxylic acids is 1. The molecule has 2 unspecified atom stereocenters. The molecule has 1 rings (SSSR count). The van der Waals surface area contributed by atoms with Gasteiger partial charge in [0.15, 0.2) is 5.66 Å². The number of alkyl halides is 1. The van der Waals surface area contributed by atoms with Crippen molar-refractivity contribution in [3.05, 3.63) is 0 Å². The second-order valence-corrected chi connectivity index (χ2v) is 4.53. The van der Waals surface area contributed by atoms with Gasteiger partial charge in [-0.05, 0) is 11.0 Å². The summed E-state index contributed by atoms with van der Waals surface area (Å²) in [6.07, 6.45) is 0.521. The molecule has 0 saturated carbocycles. The van der Waals surface area contributed by atoms with E-state index in [2.05, 4.69) is 5.32 Å². The molecule has 0 radical (unpaired) electrons. The van der Waals surface area contributed by atoms with Crippen LogP contribution in [0.25, 0.3) is 0 Å². The monoisotopic (exact) mass is 253 g/mol. The van der Waals surface area contributed by atoms with Crippen molar-refractivity contribution in [3.63, 3.8) is 0 Å². The van der Waals surface area contributed by atoms with Gasteiger partial charge in [0.2, 0.25) is 0 Å². The minimum absolute atomic E-state index is 0.332. The highest BCUT2D eigenvalue weighted by Gasteiger charge is 2.48. The molecule has 1 fully saturated rings. The van der Waals surface area contributed by atoms with Crippen LogP contribution in [-0.2, 0) is 9.36 Å². The summed E-state index contributed by atoms with van der Waals surface area (Å²) in [5.74, 6) is -0.0989. The summed E-state index contributed by atoms with van der Waals surface area (Å²) in [5.41, 5.74) is 10.3. The summed E-state index contributed by atoms with van der Waals surface area (Å²) in [4.78, 5) is 11.8. The van der Waals surface area contributed by atoms with Crippen molar-refractivity contribution >= 4 is 26.1 Å². The van der Waals surface area contributed by atoms with Gasteiger partial charge in [0, 0.05) is 18.5 Å². The highest BCUT2D eigenvalue weighted by Crippen LogP contribution is 2.22. The molecule has 0 bridgehead atoms. The third-order valence-electron chi connectivity index (χ3n) is 2.47. The van der Waals surface area contributed by atoms with Gasteiger partial charge in [0.25, 0.3) is 5.91 Å². The van der Waals surface area contributed by atoms with Crippen LogP contribution in [0, 0.1) is 0 Å². The molecule has 0 aromatic carbocycles. The lowest BCUT2D eigenvalue weighted by Crippen LogP contribution is -2.74. The normalized spacial score (nSPS) is 32.3. The fraction of sp³-hybridized carbons (Fsp3) is 0.857. The van der Waals surface area contributed by atoms with E-state index in [1.165, 1.54) is 4.67 Å². The largest absolute Gasteiger partial charge is 0.451 e. The molecule has 0 aliphatic carbocycles. The zero-order chi connectivity index (χ0) is 11.5. The Hall–Kier alpha value is -0.260. The van der Waals surface area contributed by atoms with Gasteiger partial charge in [-0.1, -0.05) is 0 Å². The van der Waals surface area contributed by atoms with Crippen molar-refractivity contribution in [2.45, 2.75) is 18.1 Å². The predicted molar refractivity (Wildman–Crippen MR) is 58.9 cm³/mol. The lowest BCUT2D eigenvalue weighted by molar-refractivity contribution is -0.136. The quantitative estimate of drug-likeness (QED) is 0.338. The van der Waals surface area contributed by atoms with E-state index < -0.39 is 26.2 Å². The van der Waals surface area contributed by atoms with Crippen molar-refractivity contribution < 1.29 is 9.36 Å². The molecule has 1 aliphatic heterocycles. The number of hydrogen-bond donors (Lipinski definition) is 3. The summed E-state index contributed by atoms with van der Waals surface area (Å²) in [7, 11) is -0.826. The van der Waals surface area contributed by atoms with Gasteiger partial charge in [0.1, 0.15) is 0 Å². The Morgan fingerprint density at radius 1 is 1.73 bits per heavy atom. The SMILES string of the molecule is NC1CCN([PH+]=O)C(=O)[C@@]1(N)NCCCl. The van der Waals surface area contributed by atoms with E-state index in [1.807, 2.05) is 0 Å². The molecule has 1 amide bonds. The van der Waals surface area contributed by atoms with E-state index in [-0.39, 0.29) is 0 Å². The van der Waals surface area contributed by atoms with Crippen LogP contribution in [0.1, 0.15) is 6.42 Å². The first kappa shape index (κ1) is 12.8. The summed E-state index contributed by atoms with van der Waals surface area (Å²) < 4.78 is 11.9. The van der Waals surface area contributed by atoms with Gasteiger partial charge in [-0.3, -0.25) is 10.1 Å². The zero-order valence-electron chi connectivity index (χ0n) is 8.20. The Balaban J connectivity index is 2.80. The maximum Gasteiger partial charge on any atom is 0.451 e. The Bertz CT molecular complexity index is 267. The lowest BCUT2D eigenvalue weighted by Gasteiger charge is -2.38. The van der Waals surface area contributed by atoms with Crippen LogP contribution in [0.4, 0.5) is 0 Å². The topological polar surface area (TPSA) is 101 Å². The number of halogens is 1. The molecule has 0 spiro atoms. The molecule has 1 heterocycles. The van der Waals surface area contributed by atoms with E-state index in [4.69, 9.17) is 23.1 Å². The van der Waals surface area contributed by atoms with E-state index in [1.54, 1.807) is 0 Å². The number of amides is 1. The highest BCUT2D eigenvalue weighted by atomic mass is 35.5. The fourth-order valence-electron chi connectivity index (χ4n) is 1.53. The van der Waals surface area contributed by atoms with Gasteiger partial charge in [-0.2, -0.15) is 0 Å². The van der Waals surface area contributed by atoms with Crippen molar-refractivity contribution in [3.8, 4) is 0 Å².